The van der Waals surface area contributed by atoms with E-state index in [-0.39, 0.29) is 5.92 Å². The van der Waals surface area contributed by atoms with Gasteiger partial charge in [0.25, 0.3) is 0 Å². The summed E-state index contributed by atoms with van der Waals surface area (Å²) in [5, 5.41) is 14.2. The molecule has 1 heterocycles. The van der Waals surface area contributed by atoms with Gasteiger partial charge in [0, 0.05) is 33.1 Å². The van der Waals surface area contributed by atoms with Crippen molar-refractivity contribution < 1.29 is 19.4 Å². The van der Waals surface area contributed by atoms with Gasteiger partial charge in [-0.05, 0) is 47.5 Å². The second-order valence-corrected chi connectivity index (χ2v) is 8.20. The van der Waals surface area contributed by atoms with E-state index in [0.29, 0.717) is 21.5 Å². The first-order valence-electron chi connectivity index (χ1n) is 9.69. The van der Waals surface area contributed by atoms with Crippen LogP contribution in [-0.2, 0) is 4.79 Å². The molecular formula is C24H21Cl2NO4. The summed E-state index contributed by atoms with van der Waals surface area (Å²) < 4.78 is 10.6. The molecule has 0 spiro atoms. The zero-order chi connectivity index (χ0) is 22.1. The first kappa shape index (κ1) is 21.3. The van der Waals surface area contributed by atoms with Crippen LogP contribution in [0.1, 0.15) is 28.5 Å². The van der Waals surface area contributed by atoms with Crippen molar-refractivity contribution in [2.24, 2.45) is 0 Å². The minimum atomic E-state index is -0.957. The summed E-state index contributed by atoms with van der Waals surface area (Å²) in [5.74, 6) is -0.285. The number of benzene rings is 3. The Labute approximate surface area is 190 Å². The van der Waals surface area contributed by atoms with Gasteiger partial charge in [-0.2, -0.15) is 0 Å². The quantitative estimate of drug-likeness (QED) is 0.506. The Kier molecular flexibility index (Phi) is 5.99. The molecule has 1 aliphatic heterocycles. The molecule has 5 nitrogen and oxygen atoms in total. The van der Waals surface area contributed by atoms with Crippen molar-refractivity contribution >= 4 is 34.9 Å². The largest absolute Gasteiger partial charge is 0.497 e. The maximum Gasteiger partial charge on any atom is 0.326 e. The van der Waals surface area contributed by atoms with E-state index in [4.69, 9.17) is 32.7 Å². The van der Waals surface area contributed by atoms with E-state index >= 15 is 0 Å². The molecule has 4 rings (SSSR count). The molecule has 0 saturated carbocycles. The smallest absolute Gasteiger partial charge is 0.326 e. The van der Waals surface area contributed by atoms with Gasteiger partial charge in [0.15, 0.2) is 0 Å². The highest BCUT2D eigenvalue weighted by Crippen LogP contribution is 2.51. The predicted molar refractivity (Wildman–Crippen MR) is 122 cm³/mol. The van der Waals surface area contributed by atoms with E-state index in [9.17, 15) is 9.90 Å². The standard InChI is InChI=1S/C24H21Cl2NO4/c1-30-16-7-3-13(4-8-16)20-21(14-5-9-17(31-2)10-6-14)23(24(28)29)27-19-12-15(25)11-18(26)22(19)20/h3-12,20-21,23,27H,1-2H3,(H,28,29). The number of halogens is 2. The van der Waals surface area contributed by atoms with Crippen molar-refractivity contribution in [3.05, 3.63) is 87.4 Å². The van der Waals surface area contributed by atoms with Crippen LogP contribution in [0.5, 0.6) is 11.5 Å². The Bertz CT molecular complexity index is 1100. The van der Waals surface area contributed by atoms with Crippen LogP contribution in [0.2, 0.25) is 10.0 Å². The van der Waals surface area contributed by atoms with Crippen LogP contribution in [0.25, 0.3) is 0 Å². The highest BCUT2D eigenvalue weighted by atomic mass is 35.5. The predicted octanol–water partition coefficient (Wildman–Crippen LogP) is 5.81. The topological polar surface area (TPSA) is 67.8 Å². The summed E-state index contributed by atoms with van der Waals surface area (Å²) in [6.07, 6.45) is 0. The van der Waals surface area contributed by atoms with Gasteiger partial charge in [-0.25, -0.2) is 4.79 Å². The Balaban J connectivity index is 1.95. The van der Waals surface area contributed by atoms with Crippen LogP contribution >= 0.6 is 23.2 Å². The molecule has 0 bridgehead atoms. The number of anilines is 1. The summed E-state index contributed by atoms with van der Waals surface area (Å²) in [7, 11) is 3.20. The number of fused-ring (bicyclic) bond motifs is 1. The molecule has 0 aliphatic carbocycles. The Morgan fingerprint density at radius 2 is 1.45 bits per heavy atom. The van der Waals surface area contributed by atoms with Crippen LogP contribution < -0.4 is 14.8 Å². The average Bonchev–Trinajstić information content (AvgIpc) is 2.77. The highest BCUT2D eigenvalue weighted by Gasteiger charge is 2.43. The highest BCUT2D eigenvalue weighted by molar-refractivity contribution is 6.35. The fourth-order valence-electron chi connectivity index (χ4n) is 4.26. The lowest BCUT2D eigenvalue weighted by molar-refractivity contribution is -0.138. The molecule has 3 unspecified atom stereocenters. The van der Waals surface area contributed by atoms with E-state index in [2.05, 4.69) is 5.32 Å². The van der Waals surface area contributed by atoms with Crippen LogP contribution in [0.15, 0.2) is 60.7 Å². The molecule has 0 radical (unpaired) electrons. The Morgan fingerprint density at radius 1 is 0.903 bits per heavy atom. The molecule has 3 aromatic carbocycles. The van der Waals surface area contributed by atoms with Gasteiger partial charge in [0.05, 0.1) is 14.2 Å². The number of carbonyl (C=O) groups is 1. The van der Waals surface area contributed by atoms with Crippen molar-refractivity contribution in [3.63, 3.8) is 0 Å². The number of aliphatic carboxylic acids is 1. The molecule has 3 aromatic rings. The SMILES string of the molecule is COc1ccc(C2c3c(Cl)cc(Cl)cc3NC(C(=O)O)C2c2ccc(OC)cc2)cc1. The number of carboxylic acids is 1. The second-order valence-electron chi connectivity index (χ2n) is 7.36. The molecule has 0 saturated heterocycles. The summed E-state index contributed by atoms with van der Waals surface area (Å²) in [6, 6.07) is 17.6. The number of ether oxygens (including phenoxy) is 2. The third-order valence-corrected chi connectivity index (χ3v) is 6.21. The van der Waals surface area contributed by atoms with Gasteiger partial charge in [0.1, 0.15) is 17.5 Å². The van der Waals surface area contributed by atoms with E-state index in [0.717, 1.165) is 22.4 Å². The first-order valence-corrected chi connectivity index (χ1v) is 10.4. The zero-order valence-corrected chi connectivity index (χ0v) is 18.4. The fraction of sp³-hybridized carbons (Fsp3) is 0.208. The Hall–Kier alpha value is -2.89. The molecule has 3 atom stereocenters. The van der Waals surface area contributed by atoms with Crippen molar-refractivity contribution in [1.82, 2.24) is 0 Å². The van der Waals surface area contributed by atoms with Crippen LogP contribution in [0, 0.1) is 0 Å². The normalized spacial score (nSPS) is 19.8. The number of hydrogen-bond donors (Lipinski definition) is 2. The van der Waals surface area contributed by atoms with Gasteiger partial charge in [-0.3, -0.25) is 0 Å². The molecule has 1 aliphatic rings. The molecule has 7 heteroatoms. The van der Waals surface area contributed by atoms with Crippen molar-refractivity contribution in [3.8, 4) is 11.5 Å². The van der Waals surface area contributed by atoms with E-state index in [1.54, 1.807) is 26.4 Å². The summed E-state index contributed by atoms with van der Waals surface area (Å²) >= 11 is 12.9. The molecule has 0 aromatic heterocycles. The van der Waals surface area contributed by atoms with Crippen LogP contribution in [0.3, 0.4) is 0 Å². The number of nitrogens with one attached hydrogen (secondary N) is 1. The third-order valence-electron chi connectivity index (χ3n) is 5.68. The van der Waals surface area contributed by atoms with Crippen LogP contribution in [0.4, 0.5) is 5.69 Å². The molecule has 0 fully saturated rings. The lowest BCUT2D eigenvalue weighted by atomic mass is 9.70. The maximum atomic E-state index is 12.3. The summed E-state index contributed by atoms with van der Waals surface area (Å²) in [4.78, 5) is 12.3. The second kappa shape index (κ2) is 8.69. The average molecular weight is 458 g/mol. The number of methoxy groups -OCH3 is 2. The molecule has 2 N–H and O–H groups in total. The van der Waals surface area contributed by atoms with Gasteiger partial charge >= 0.3 is 5.97 Å². The zero-order valence-electron chi connectivity index (χ0n) is 16.9. The first-order chi connectivity index (χ1) is 14.9. The van der Waals surface area contributed by atoms with E-state index < -0.39 is 17.9 Å². The van der Waals surface area contributed by atoms with Gasteiger partial charge in [-0.15, -0.1) is 0 Å². The minimum absolute atomic E-state index is 0.318. The van der Waals surface area contributed by atoms with Gasteiger partial charge < -0.3 is 19.9 Å². The van der Waals surface area contributed by atoms with E-state index in [1.807, 2.05) is 48.5 Å². The van der Waals surface area contributed by atoms with Crippen molar-refractivity contribution in [2.45, 2.75) is 17.9 Å². The summed E-state index contributed by atoms with van der Waals surface area (Å²) in [6.45, 7) is 0. The fourth-order valence-corrected chi connectivity index (χ4v) is 4.87. The number of rotatable bonds is 5. The molecule has 0 amide bonds. The van der Waals surface area contributed by atoms with Gasteiger partial charge in [0.2, 0.25) is 0 Å². The Morgan fingerprint density at radius 3 is 1.97 bits per heavy atom. The number of hydrogen-bond acceptors (Lipinski definition) is 4. The molecular weight excluding hydrogens is 437 g/mol. The number of carboxylic acid groups (broad SMARTS) is 1. The maximum absolute atomic E-state index is 12.3. The van der Waals surface area contributed by atoms with Crippen LogP contribution in [-0.4, -0.2) is 31.3 Å². The van der Waals surface area contributed by atoms with Gasteiger partial charge in [-0.1, -0.05) is 47.5 Å². The lowest BCUT2D eigenvalue weighted by Crippen LogP contribution is -2.42. The van der Waals surface area contributed by atoms with Crippen molar-refractivity contribution in [2.75, 3.05) is 19.5 Å². The third kappa shape index (κ3) is 4.03. The molecule has 160 valence electrons. The van der Waals surface area contributed by atoms with E-state index in [1.165, 1.54) is 0 Å². The monoisotopic (exact) mass is 457 g/mol. The molecule has 31 heavy (non-hydrogen) atoms. The van der Waals surface area contributed by atoms with Crippen molar-refractivity contribution in [1.29, 1.82) is 0 Å². The minimum Gasteiger partial charge on any atom is -0.497 e. The summed E-state index contributed by atoms with van der Waals surface area (Å²) in [5.41, 5.74) is 3.23. The lowest BCUT2D eigenvalue weighted by Gasteiger charge is -2.40.